The van der Waals surface area contributed by atoms with Gasteiger partial charge in [0.1, 0.15) is 17.8 Å². The molecule has 0 saturated carbocycles. The minimum atomic E-state index is -0.368. The van der Waals surface area contributed by atoms with Crippen molar-refractivity contribution in [2.45, 2.75) is 6.92 Å². The monoisotopic (exact) mass is 326 g/mol. The summed E-state index contributed by atoms with van der Waals surface area (Å²) in [6, 6.07) is 8.30. The number of hydrogen-bond donors (Lipinski definition) is 2. The van der Waals surface area contributed by atoms with Crippen LogP contribution in [-0.2, 0) is 4.74 Å². The van der Waals surface area contributed by atoms with Crippen LogP contribution in [0.4, 0.5) is 11.5 Å². The van der Waals surface area contributed by atoms with E-state index in [1.165, 1.54) is 12.4 Å². The molecule has 0 radical (unpaired) electrons. The van der Waals surface area contributed by atoms with Gasteiger partial charge in [-0.15, -0.1) is 6.58 Å². The Hall–Kier alpha value is -3.22. The molecule has 2 N–H and O–H groups in total. The van der Waals surface area contributed by atoms with Crippen molar-refractivity contribution in [3.63, 3.8) is 0 Å². The largest absolute Gasteiger partial charge is 0.462 e. The average molecular weight is 326 g/mol. The first kappa shape index (κ1) is 17.1. The third-order valence-electron chi connectivity index (χ3n) is 2.98. The normalized spacial score (nSPS) is 9.88. The van der Waals surface area contributed by atoms with E-state index >= 15 is 0 Å². The number of hydrogen-bond acceptors (Lipinski definition) is 6. The fourth-order valence-electron chi connectivity index (χ4n) is 1.86. The van der Waals surface area contributed by atoms with Gasteiger partial charge in [0.25, 0.3) is 5.91 Å². The van der Waals surface area contributed by atoms with Gasteiger partial charge in [-0.05, 0) is 31.2 Å². The Balaban J connectivity index is 2.07. The molecule has 2 rings (SSSR count). The second-order valence-electron chi connectivity index (χ2n) is 4.71. The molecule has 0 fully saturated rings. The second-order valence-corrected chi connectivity index (χ2v) is 4.71. The standard InChI is InChI=1S/C17H18N4O3/c1-3-9-18-16(22)14-10-15(20-11-19-14)21-13-7-5-12(6-8-13)17(23)24-4-2/h3,5-8,10-11H,1,4,9H2,2H3,(H,18,22)(H,19,20,21). The number of amides is 1. The van der Waals surface area contributed by atoms with Crippen molar-refractivity contribution in [3.8, 4) is 0 Å². The molecular weight excluding hydrogens is 308 g/mol. The lowest BCUT2D eigenvalue weighted by molar-refractivity contribution is 0.0526. The Morgan fingerprint density at radius 1 is 1.25 bits per heavy atom. The summed E-state index contributed by atoms with van der Waals surface area (Å²) in [6.45, 7) is 5.99. The number of benzene rings is 1. The molecule has 1 heterocycles. The highest BCUT2D eigenvalue weighted by Gasteiger charge is 2.09. The third-order valence-corrected chi connectivity index (χ3v) is 2.98. The first-order valence-corrected chi connectivity index (χ1v) is 7.39. The molecule has 7 heteroatoms. The van der Waals surface area contributed by atoms with E-state index in [0.29, 0.717) is 24.5 Å². The molecule has 0 unspecified atom stereocenters. The van der Waals surface area contributed by atoms with Crippen LogP contribution < -0.4 is 10.6 Å². The van der Waals surface area contributed by atoms with E-state index in [1.807, 2.05) is 0 Å². The van der Waals surface area contributed by atoms with Crippen LogP contribution in [-0.4, -0.2) is 35.0 Å². The molecule has 0 aliphatic carbocycles. The van der Waals surface area contributed by atoms with Crippen LogP contribution >= 0.6 is 0 Å². The predicted octanol–water partition coefficient (Wildman–Crippen LogP) is 2.31. The lowest BCUT2D eigenvalue weighted by atomic mass is 10.2. The summed E-state index contributed by atoms with van der Waals surface area (Å²) >= 11 is 0. The van der Waals surface area contributed by atoms with Crippen LogP contribution in [0.2, 0.25) is 0 Å². The third kappa shape index (κ3) is 4.64. The molecule has 24 heavy (non-hydrogen) atoms. The zero-order chi connectivity index (χ0) is 17.4. The van der Waals surface area contributed by atoms with Gasteiger partial charge in [0, 0.05) is 18.3 Å². The molecule has 1 aromatic heterocycles. The molecule has 0 saturated heterocycles. The van der Waals surface area contributed by atoms with Gasteiger partial charge in [0.2, 0.25) is 0 Å². The van der Waals surface area contributed by atoms with Crippen molar-refractivity contribution in [2.75, 3.05) is 18.5 Å². The van der Waals surface area contributed by atoms with Gasteiger partial charge in [-0.1, -0.05) is 6.08 Å². The lowest BCUT2D eigenvalue weighted by Crippen LogP contribution is -2.24. The number of carbonyl (C=O) groups is 2. The Labute approximate surface area is 139 Å². The first-order valence-electron chi connectivity index (χ1n) is 7.39. The van der Waals surface area contributed by atoms with Crippen LogP contribution in [0.15, 0.2) is 49.3 Å². The van der Waals surface area contributed by atoms with E-state index in [-0.39, 0.29) is 17.6 Å². The summed E-state index contributed by atoms with van der Waals surface area (Å²) in [5.74, 6) is -0.206. The number of ether oxygens (including phenoxy) is 1. The average Bonchev–Trinajstić information content (AvgIpc) is 2.60. The number of nitrogens with zero attached hydrogens (tertiary/aromatic N) is 2. The SMILES string of the molecule is C=CCNC(=O)c1cc(Nc2ccc(C(=O)OCC)cc2)ncn1. The van der Waals surface area contributed by atoms with Gasteiger partial charge in [-0.2, -0.15) is 0 Å². The predicted molar refractivity (Wildman–Crippen MR) is 90.2 cm³/mol. The van der Waals surface area contributed by atoms with E-state index in [9.17, 15) is 9.59 Å². The maximum Gasteiger partial charge on any atom is 0.338 e. The maximum atomic E-state index is 11.9. The minimum Gasteiger partial charge on any atom is -0.462 e. The second kappa shape index (κ2) is 8.42. The molecule has 0 aliphatic heterocycles. The zero-order valence-electron chi connectivity index (χ0n) is 13.3. The molecule has 1 aromatic carbocycles. The van der Waals surface area contributed by atoms with Crippen molar-refractivity contribution in [1.29, 1.82) is 0 Å². The van der Waals surface area contributed by atoms with Crippen LogP contribution in [0.1, 0.15) is 27.8 Å². The maximum absolute atomic E-state index is 11.9. The smallest absolute Gasteiger partial charge is 0.338 e. The number of anilines is 2. The highest BCUT2D eigenvalue weighted by atomic mass is 16.5. The summed E-state index contributed by atoms with van der Waals surface area (Å²) < 4.78 is 4.93. The highest BCUT2D eigenvalue weighted by molar-refractivity contribution is 5.93. The molecule has 0 atom stereocenters. The summed E-state index contributed by atoms with van der Waals surface area (Å²) in [5, 5.41) is 5.70. The van der Waals surface area contributed by atoms with E-state index in [0.717, 1.165) is 5.69 Å². The quantitative estimate of drug-likeness (QED) is 0.599. The van der Waals surface area contributed by atoms with Crippen LogP contribution in [0, 0.1) is 0 Å². The fourth-order valence-corrected chi connectivity index (χ4v) is 1.86. The summed E-state index contributed by atoms with van der Waals surface area (Å²) in [7, 11) is 0. The van der Waals surface area contributed by atoms with E-state index < -0.39 is 0 Å². The van der Waals surface area contributed by atoms with Crippen molar-refractivity contribution in [1.82, 2.24) is 15.3 Å². The van der Waals surface area contributed by atoms with Gasteiger partial charge in [0.05, 0.1) is 12.2 Å². The van der Waals surface area contributed by atoms with E-state index in [2.05, 4.69) is 27.2 Å². The molecular formula is C17H18N4O3. The van der Waals surface area contributed by atoms with Crippen molar-refractivity contribution in [2.24, 2.45) is 0 Å². The van der Waals surface area contributed by atoms with Gasteiger partial charge in [0.15, 0.2) is 0 Å². The topological polar surface area (TPSA) is 93.2 Å². The number of esters is 1. The molecule has 0 bridgehead atoms. The van der Waals surface area contributed by atoms with Gasteiger partial charge >= 0.3 is 5.97 Å². The van der Waals surface area contributed by atoms with Crippen LogP contribution in [0.3, 0.4) is 0 Å². The van der Waals surface area contributed by atoms with Gasteiger partial charge in [-0.3, -0.25) is 4.79 Å². The van der Waals surface area contributed by atoms with Gasteiger partial charge < -0.3 is 15.4 Å². The van der Waals surface area contributed by atoms with E-state index in [4.69, 9.17) is 4.74 Å². The molecule has 0 spiro atoms. The van der Waals surface area contributed by atoms with Crippen molar-refractivity contribution in [3.05, 3.63) is 60.6 Å². The Morgan fingerprint density at radius 3 is 2.67 bits per heavy atom. The molecule has 7 nitrogen and oxygen atoms in total. The molecule has 124 valence electrons. The number of aromatic nitrogens is 2. The molecule has 1 amide bonds. The summed E-state index contributed by atoms with van der Waals surface area (Å²) in [4.78, 5) is 31.5. The van der Waals surface area contributed by atoms with Gasteiger partial charge in [-0.25, -0.2) is 14.8 Å². The Bertz CT molecular complexity index is 729. The van der Waals surface area contributed by atoms with Crippen LogP contribution in [0.5, 0.6) is 0 Å². The lowest BCUT2D eigenvalue weighted by Gasteiger charge is -2.08. The minimum absolute atomic E-state index is 0.248. The number of nitrogens with one attached hydrogen (secondary N) is 2. The van der Waals surface area contributed by atoms with Crippen LogP contribution in [0.25, 0.3) is 0 Å². The summed E-state index contributed by atoms with van der Waals surface area (Å²) in [5.41, 5.74) is 1.44. The number of rotatable bonds is 7. The summed E-state index contributed by atoms with van der Waals surface area (Å²) in [6.07, 6.45) is 2.89. The fraction of sp³-hybridized carbons (Fsp3) is 0.176. The van der Waals surface area contributed by atoms with Crippen molar-refractivity contribution >= 4 is 23.4 Å². The molecule has 2 aromatic rings. The first-order chi connectivity index (χ1) is 11.6. The highest BCUT2D eigenvalue weighted by Crippen LogP contribution is 2.16. The number of carbonyl (C=O) groups excluding carboxylic acids is 2. The molecule has 0 aliphatic rings. The zero-order valence-corrected chi connectivity index (χ0v) is 13.3. The van der Waals surface area contributed by atoms with Crippen molar-refractivity contribution < 1.29 is 14.3 Å². The van der Waals surface area contributed by atoms with E-state index in [1.54, 1.807) is 37.3 Å². The Morgan fingerprint density at radius 2 is 2.00 bits per heavy atom. The Kier molecular flexibility index (Phi) is 6.01.